The summed E-state index contributed by atoms with van der Waals surface area (Å²) in [5, 5.41) is 5.49. The van der Waals surface area contributed by atoms with Gasteiger partial charge in [-0.2, -0.15) is 0 Å². The van der Waals surface area contributed by atoms with E-state index in [1.54, 1.807) is 11.3 Å². The lowest BCUT2D eigenvalue weighted by Crippen LogP contribution is -2.22. The summed E-state index contributed by atoms with van der Waals surface area (Å²) in [7, 11) is 0. The highest BCUT2D eigenvalue weighted by atomic mass is 32.1. The first-order valence-electron chi connectivity index (χ1n) is 5.61. The van der Waals surface area contributed by atoms with Gasteiger partial charge in [0.2, 0.25) is 0 Å². The van der Waals surface area contributed by atoms with Crippen molar-refractivity contribution in [3.8, 4) is 0 Å². The second-order valence-corrected chi connectivity index (χ2v) is 5.06. The lowest BCUT2D eigenvalue weighted by Gasteiger charge is -2.07. The van der Waals surface area contributed by atoms with Crippen LogP contribution in [-0.2, 0) is 11.3 Å². The molecule has 1 saturated heterocycles. The normalized spacial score (nSPS) is 20.9. The number of ether oxygens (including phenoxy) is 1. The summed E-state index contributed by atoms with van der Waals surface area (Å²) in [6, 6.07) is 0. The molecule has 3 heterocycles. The third kappa shape index (κ3) is 2.11. The molecule has 0 aliphatic carbocycles. The molecule has 86 valence electrons. The third-order valence-corrected chi connectivity index (χ3v) is 3.68. The van der Waals surface area contributed by atoms with Crippen LogP contribution in [0.1, 0.15) is 12.1 Å². The van der Waals surface area contributed by atoms with Crippen molar-refractivity contribution in [2.45, 2.75) is 13.0 Å². The Labute approximate surface area is 98.3 Å². The number of hydrogen-bond donors (Lipinski definition) is 1. The van der Waals surface area contributed by atoms with Crippen LogP contribution in [-0.4, -0.2) is 29.1 Å². The molecule has 3 rings (SSSR count). The number of fused-ring (bicyclic) bond motifs is 1. The van der Waals surface area contributed by atoms with Crippen LogP contribution in [0.5, 0.6) is 0 Å². The molecule has 0 saturated carbocycles. The van der Waals surface area contributed by atoms with Gasteiger partial charge in [-0.15, -0.1) is 11.3 Å². The summed E-state index contributed by atoms with van der Waals surface area (Å²) in [4.78, 5) is 5.59. The molecule has 0 amide bonds. The zero-order valence-electron chi connectivity index (χ0n) is 9.06. The van der Waals surface area contributed by atoms with Crippen molar-refractivity contribution in [3.63, 3.8) is 0 Å². The Hall–Kier alpha value is -0.910. The number of rotatable bonds is 4. The fourth-order valence-electron chi connectivity index (χ4n) is 2.01. The Morgan fingerprint density at radius 1 is 1.62 bits per heavy atom. The zero-order valence-corrected chi connectivity index (χ0v) is 9.87. The van der Waals surface area contributed by atoms with Crippen molar-refractivity contribution in [2.24, 2.45) is 5.92 Å². The third-order valence-electron chi connectivity index (χ3n) is 2.91. The van der Waals surface area contributed by atoms with E-state index in [9.17, 15) is 0 Å². The summed E-state index contributed by atoms with van der Waals surface area (Å²) in [6.07, 6.45) is 5.32. The maximum atomic E-state index is 5.34. The molecule has 0 aromatic carbocycles. The first-order chi connectivity index (χ1) is 7.92. The molecule has 1 unspecified atom stereocenters. The van der Waals surface area contributed by atoms with E-state index in [-0.39, 0.29) is 0 Å². The molecular formula is C11H15N3OS. The van der Waals surface area contributed by atoms with Gasteiger partial charge in [0.25, 0.3) is 0 Å². The Morgan fingerprint density at radius 3 is 3.44 bits per heavy atom. The molecule has 2 aromatic heterocycles. The molecule has 1 fully saturated rings. The van der Waals surface area contributed by atoms with Crippen LogP contribution in [0, 0.1) is 5.92 Å². The van der Waals surface area contributed by atoms with Crippen LogP contribution < -0.4 is 5.32 Å². The molecule has 1 aliphatic rings. The second kappa shape index (κ2) is 4.53. The maximum Gasteiger partial charge on any atom is 0.193 e. The van der Waals surface area contributed by atoms with E-state index in [4.69, 9.17) is 4.74 Å². The van der Waals surface area contributed by atoms with E-state index in [0.29, 0.717) is 5.92 Å². The molecule has 5 heteroatoms. The van der Waals surface area contributed by atoms with Crippen LogP contribution in [0.3, 0.4) is 0 Å². The Morgan fingerprint density at radius 2 is 2.62 bits per heavy atom. The van der Waals surface area contributed by atoms with Gasteiger partial charge in [0.15, 0.2) is 4.96 Å². The van der Waals surface area contributed by atoms with Gasteiger partial charge in [-0.3, -0.25) is 4.40 Å². The largest absolute Gasteiger partial charge is 0.381 e. The summed E-state index contributed by atoms with van der Waals surface area (Å²) >= 11 is 1.67. The molecular weight excluding hydrogens is 222 g/mol. The number of hydrogen-bond acceptors (Lipinski definition) is 4. The second-order valence-electron chi connectivity index (χ2n) is 4.19. The highest BCUT2D eigenvalue weighted by molar-refractivity contribution is 7.15. The van der Waals surface area contributed by atoms with Gasteiger partial charge in [0.1, 0.15) is 0 Å². The molecule has 1 aliphatic heterocycles. The fourth-order valence-corrected chi connectivity index (χ4v) is 2.73. The molecule has 16 heavy (non-hydrogen) atoms. The molecule has 1 atom stereocenters. The monoisotopic (exact) mass is 237 g/mol. The van der Waals surface area contributed by atoms with Gasteiger partial charge in [0, 0.05) is 37.5 Å². The molecule has 1 N–H and O–H groups in total. The first kappa shape index (κ1) is 10.3. The van der Waals surface area contributed by atoms with Gasteiger partial charge in [-0.25, -0.2) is 4.98 Å². The van der Waals surface area contributed by atoms with Crippen LogP contribution in [0.15, 0.2) is 17.8 Å². The highest BCUT2D eigenvalue weighted by Crippen LogP contribution is 2.12. The summed E-state index contributed by atoms with van der Waals surface area (Å²) in [6.45, 7) is 3.72. The summed E-state index contributed by atoms with van der Waals surface area (Å²) in [5.41, 5.74) is 1.12. The predicted molar refractivity (Wildman–Crippen MR) is 63.7 cm³/mol. The smallest absolute Gasteiger partial charge is 0.193 e. The standard InChI is InChI=1S/C11H15N3OS/c1-3-15-8-9(1)5-12-6-10-7-14-2-4-16-11(14)13-10/h2,4,7,9,12H,1,3,5-6,8H2. The molecule has 0 radical (unpaired) electrons. The average Bonchev–Trinajstić information content (AvgIpc) is 2.91. The van der Waals surface area contributed by atoms with E-state index in [2.05, 4.69) is 26.3 Å². The maximum absolute atomic E-state index is 5.34. The van der Waals surface area contributed by atoms with Crippen LogP contribution in [0.2, 0.25) is 0 Å². The summed E-state index contributed by atoms with van der Waals surface area (Å²) < 4.78 is 7.41. The van der Waals surface area contributed by atoms with Crippen molar-refractivity contribution in [3.05, 3.63) is 23.5 Å². The van der Waals surface area contributed by atoms with Crippen LogP contribution in [0.4, 0.5) is 0 Å². The fraction of sp³-hybridized carbons (Fsp3) is 0.545. The SMILES string of the molecule is c1cn2cc(CNCC3CCOC3)nc2s1. The average molecular weight is 237 g/mol. The zero-order chi connectivity index (χ0) is 10.8. The van der Waals surface area contributed by atoms with Gasteiger partial charge >= 0.3 is 0 Å². The number of thiazole rings is 1. The minimum Gasteiger partial charge on any atom is -0.381 e. The Balaban J connectivity index is 1.52. The van der Waals surface area contributed by atoms with Crippen molar-refractivity contribution >= 4 is 16.3 Å². The first-order valence-corrected chi connectivity index (χ1v) is 6.49. The van der Waals surface area contributed by atoms with Crippen LogP contribution >= 0.6 is 11.3 Å². The summed E-state index contributed by atoms with van der Waals surface area (Å²) in [5.74, 6) is 0.684. The minimum atomic E-state index is 0.684. The molecule has 4 nitrogen and oxygen atoms in total. The quantitative estimate of drug-likeness (QED) is 0.876. The van der Waals surface area contributed by atoms with E-state index in [1.165, 1.54) is 6.42 Å². The molecule has 2 aromatic rings. The molecule has 0 spiro atoms. The molecule has 0 bridgehead atoms. The van der Waals surface area contributed by atoms with Crippen molar-refractivity contribution in [1.82, 2.24) is 14.7 Å². The van der Waals surface area contributed by atoms with E-state index in [0.717, 1.165) is 37.0 Å². The lowest BCUT2D eigenvalue weighted by molar-refractivity contribution is 0.185. The van der Waals surface area contributed by atoms with E-state index < -0.39 is 0 Å². The number of imidazole rings is 1. The minimum absolute atomic E-state index is 0.684. The highest BCUT2D eigenvalue weighted by Gasteiger charge is 2.14. The van der Waals surface area contributed by atoms with E-state index >= 15 is 0 Å². The van der Waals surface area contributed by atoms with Crippen molar-refractivity contribution in [2.75, 3.05) is 19.8 Å². The van der Waals surface area contributed by atoms with Crippen molar-refractivity contribution in [1.29, 1.82) is 0 Å². The van der Waals surface area contributed by atoms with Gasteiger partial charge in [-0.05, 0) is 12.3 Å². The van der Waals surface area contributed by atoms with Gasteiger partial charge < -0.3 is 10.1 Å². The predicted octanol–water partition coefficient (Wildman–Crippen LogP) is 1.52. The van der Waals surface area contributed by atoms with E-state index in [1.807, 2.05) is 6.20 Å². The lowest BCUT2D eigenvalue weighted by atomic mass is 10.1. The van der Waals surface area contributed by atoms with Crippen molar-refractivity contribution < 1.29 is 4.74 Å². The van der Waals surface area contributed by atoms with Gasteiger partial charge in [0.05, 0.1) is 12.3 Å². The topological polar surface area (TPSA) is 38.6 Å². The Kier molecular flexibility index (Phi) is 2.90. The number of nitrogens with one attached hydrogen (secondary N) is 1. The van der Waals surface area contributed by atoms with Gasteiger partial charge in [-0.1, -0.05) is 0 Å². The Bertz CT molecular complexity index is 430. The number of aromatic nitrogens is 2. The number of nitrogens with zero attached hydrogens (tertiary/aromatic N) is 2. The van der Waals surface area contributed by atoms with Crippen LogP contribution in [0.25, 0.3) is 4.96 Å².